The number of likely N-dealkylation sites (N-methyl/N-ethyl adjacent to an activating group) is 1. The van der Waals surface area contributed by atoms with Gasteiger partial charge in [-0.2, -0.15) is 0 Å². The van der Waals surface area contributed by atoms with E-state index in [-0.39, 0.29) is 5.91 Å². The molecule has 0 aliphatic heterocycles. The summed E-state index contributed by atoms with van der Waals surface area (Å²) in [6.45, 7) is 0.846. The average Bonchev–Trinajstić information content (AvgIpc) is 2.78. The largest absolute Gasteiger partial charge is 0.373 e. The van der Waals surface area contributed by atoms with Crippen LogP contribution >= 0.6 is 0 Å². The first-order chi connectivity index (χ1) is 14.2. The zero-order valence-corrected chi connectivity index (χ0v) is 16.1. The molecule has 0 spiro atoms. The first kappa shape index (κ1) is 18.6. The molecule has 0 bridgehead atoms. The fraction of sp³-hybridized carbons (Fsp3) is 0.130. The van der Waals surface area contributed by atoms with Crippen molar-refractivity contribution in [1.82, 2.24) is 15.0 Å². The van der Waals surface area contributed by atoms with Gasteiger partial charge in [0.15, 0.2) is 0 Å². The Morgan fingerprint density at radius 3 is 2.59 bits per heavy atom. The normalized spacial score (nSPS) is 10.7. The maximum absolute atomic E-state index is 12.6. The van der Waals surface area contributed by atoms with Crippen LogP contribution in [-0.4, -0.2) is 34.5 Å². The standard InChI is InChI=1S/C23H21N5O/c1-28(15-11-17-9-13-24-14-10-17)19-7-8-21(26-16-19)23(29)27-20-6-2-4-18-5-3-12-25-22(18)20/h2-10,12-14,16H,11,15H2,1H3,(H,27,29). The van der Waals surface area contributed by atoms with Crippen molar-refractivity contribution in [2.24, 2.45) is 0 Å². The summed E-state index contributed by atoms with van der Waals surface area (Å²) in [6, 6.07) is 17.2. The maximum Gasteiger partial charge on any atom is 0.274 e. The number of amides is 1. The van der Waals surface area contributed by atoms with Crippen LogP contribution in [0, 0.1) is 0 Å². The lowest BCUT2D eigenvalue weighted by Crippen LogP contribution is -2.21. The quantitative estimate of drug-likeness (QED) is 0.546. The van der Waals surface area contributed by atoms with Crippen LogP contribution in [-0.2, 0) is 6.42 Å². The first-order valence-electron chi connectivity index (χ1n) is 9.42. The van der Waals surface area contributed by atoms with Gasteiger partial charge in [-0.1, -0.05) is 18.2 Å². The summed E-state index contributed by atoms with van der Waals surface area (Å²) in [4.78, 5) is 27.5. The van der Waals surface area contributed by atoms with Gasteiger partial charge in [-0.05, 0) is 48.4 Å². The maximum atomic E-state index is 12.6. The van der Waals surface area contributed by atoms with Crippen molar-refractivity contribution in [3.63, 3.8) is 0 Å². The van der Waals surface area contributed by atoms with E-state index in [4.69, 9.17) is 0 Å². The molecule has 4 aromatic rings. The molecule has 0 saturated carbocycles. The van der Waals surface area contributed by atoms with Crippen LogP contribution < -0.4 is 10.2 Å². The molecule has 3 heterocycles. The van der Waals surface area contributed by atoms with Crippen molar-refractivity contribution in [3.8, 4) is 0 Å². The number of nitrogens with zero attached hydrogens (tertiary/aromatic N) is 4. The van der Waals surface area contributed by atoms with Gasteiger partial charge in [0.1, 0.15) is 5.69 Å². The number of aromatic nitrogens is 3. The summed E-state index contributed by atoms with van der Waals surface area (Å²) < 4.78 is 0. The van der Waals surface area contributed by atoms with Gasteiger partial charge in [-0.15, -0.1) is 0 Å². The number of hydrogen-bond donors (Lipinski definition) is 1. The molecule has 0 saturated heterocycles. The minimum absolute atomic E-state index is 0.255. The monoisotopic (exact) mass is 383 g/mol. The number of carbonyl (C=O) groups excluding carboxylic acids is 1. The number of carbonyl (C=O) groups is 1. The van der Waals surface area contributed by atoms with E-state index in [1.165, 1.54) is 5.56 Å². The molecule has 0 fully saturated rings. The van der Waals surface area contributed by atoms with Gasteiger partial charge in [0, 0.05) is 37.6 Å². The van der Waals surface area contributed by atoms with E-state index in [0.717, 1.165) is 29.6 Å². The smallest absolute Gasteiger partial charge is 0.274 e. The number of fused-ring (bicyclic) bond motifs is 1. The summed E-state index contributed by atoms with van der Waals surface area (Å²) in [6.07, 6.45) is 7.95. The highest BCUT2D eigenvalue weighted by Gasteiger charge is 2.11. The molecule has 0 unspecified atom stereocenters. The van der Waals surface area contributed by atoms with E-state index in [0.29, 0.717) is 11.4 Å². The highest BCUT2D eigenvalue weighted by molar-refractivity contribution is 6.07. The Labute approximate surface area is 169 Å². The number of benzene rings is 1. The van der Waals surface area contributed by atoms with Crippen LogP contribution in [0.1, 0.15) is 16.1 Å². The van der Waals surface area contributed by atoms with Gasteiger partial charge in [-0.3, -0.25) is 14.8 Å². The van der Waals surface area contributed by atoms with E-state index in [2.05, 4.69) is 25.2 Å². The Balaban J connectivity index is 1.42. The molecule has 0 aliphatic rings. The Morgan fingerprint density at radius 2 is 1.79 bits per heavy atom. The fourth-order valence-corrected chi connectivity index (χ4v) is 3.11. The number of hydrogen-bond acceptors (Lipinski definition) is 5. The highest BCUT2D eigenvalue weighted by Crippen LogP contribution is 2.21. The van der Waals surface area contributed by atoms with Crippen LogP contribution in [0.5, 0.6) is 0 Å². The van der Waals surface area contributed by atoms with Gasteiger partial charge in [0.25, 0.3) is 5.91 Å². The van der Waals surface area contributed by atoms with E-state index in [1.54, 1.807) is 30.9 Å². The second-order valence-corrected chi connectivity index (χ2v) is 6.76. The molecule has 3 aromatic heterocycles. The molecular weight excluding hydrogens is 362 g/mol. The fourth-order valence-electron chi connectivity index (χ4n) is 3.11. The van der Waals surface area contributed by atoms with Crippen molar-refractivity contribution in [2.75, 3.05) is 23.8 Å². The molecule has 144 valence electrons. The van der Waals surface area contributed by atoms with E-state index in [9.17, 15) is 4.79 Å². The number of nitrogens with one attached hydrogen (secondary N) is 1. The predicted molar refractivity (Wildman–Crippen MR) is 115 cm³/mol. The minimum atomic E-state index is -0.255. The third kappa shape index (κ3) is 4.38. The zero-order chi connectivity index (χ0) is 20.1. The molecule has 0 aliphatic carbocycles. The molecule has 0 radical (unpaired) electrons. The summed E-state index contributed by atoms with van der Waals surface area (Å²) in [5.41, 5.74) is 4.00. The highest BCUT2D eigenvalue weighted by atomic mass is 16.1. The summed E-state index contributed by atoms with van der Waals surface area (Å²) in [5, 5.41) is 3.89. The van der Waals surface area contributed by atoms with Gasteiger partial charge in [-0.25, -0.2) is 4.98 Å². The Hall–Kier alpha value is -3.80. The van der Waals surface area contributed by atoms with Crippen LogP contribution in [0.4, 0.5) is 11.4 Å². The van der Waals surface area contributed by atoms with Gasteiger partial charge in [0.2, 0.25) is 0 Å². The lowest BCUT2D eigenvalue weighted by molar-refractivity contribution is 0.102. The Kier molecular flexibility index (Phi) is 5.42. The topological polar surface area (TPSA) is 71.0 Å². The summed E-state index contributed by atoms with van der Waals surface area (Å²) in [5.74, 6) is -0.255. The number of rotatable bonds is 6. The first-order valence-corrected chi connectivity index (χ1v) is 9.42. The van der Waals surface area contributed by atoms with Crippen LogP contribution in [0.2, 0.25) is 0 Å². The average molecular weight is 383 g/mol. The number of anilines is 2. The summed E-state index contributed by atoms with van der Waals surface area (Å²) >= 11 is 0. The zero-order valence-electron chi connectivity index (χ0n) is 16.1. The molecule has 29 heavy (non-hydrogen) atoms. The van der Waals surface area contributed by atoms with E-state index in [1.807, 2.05) is 55.6 Å². The third-order valence-electron chi connectivity index (χ3n) is 4.79. The Morgan fingerprint density at radius 1 is 0.966 bits per heavy atom. The minimum Gasteiger partial charge on any atom is -0.373 e. The number of para-hydroxylation sites is 1. The van der Waals surface area contributed by atoms with Crippen molar-refractivity contribution < 1.29 is 4.79 Å². The lowest BCUT2D eigenvalue weighted by Gasteiger charge is -2.19. The van der Waals surface area contributed by atoms with Crippen LogP contribution in [0.3, 0.4) is 0 Å². The van der Waals surface area contributed by atoms with Crippen LogP contribution in [0.25, 0.3) is 10.9 Å². The van der Waals surface area contributed by atoms with E-state index < -0.39 is 0 Å². The third-order valence-corrected chi connectivity index (χ3v) is 4.79. The van der Waals surface area contributed by atoms with E-state index >= 15 is 0 Å². The summed E-state index contributed by atoms with van der Waals surface area (Å²) in [7, 11) is 2.01. The number of pyridine rings is 3. The van der Waals surface area contributed by atoms with Crippen molar-refractivity contribution in [2.45, 2.75) is 6.42 Å². The Bertz CT molecular complexity index is 1110. The lowest BCUT2D eigenvalue weighted by atomic mass is 10.2. The van der Waals surface area contributed by atoms with Gasteiger partial charge in [0.05, 0.1) is 23.1 Å². The molecule has 1 aromatic carbocycles. The molecule has 1 N–H and O–H groups in total. The molecule has 1 amide bonds. The molecule has 6 nitrogen and oxygen atoms in total. The molecule has 6 heteroatoms. The van der Waals surface area contributed by atoms with Gasteiger partial charge < -0.3 is 10.2 Å². The molecule has 0 atom stereocenters. The second kappa shape index (κ2) is 8.48. The van der Waals surface area contributed by atoms with Crippen LogP contribution in [0.15, 0.2) is 79.4 Å². The van der Waals surface area contributed by atoms with Crippen molar-refractivity contribution in [1.29, 1.82) is 0 Å². The molecule has 4 rings (SSSR count). The predicted octanol–water partition coefficient (Wildman–Crippen LogP) is 3.96. The second-order valence-electron chi connectivity index (χ2n) is 6.76. The SMILES string of the molecule is CN(CCc1ccncc1)c1ccc(C(=O)Nc2cccc3cccnc23)nc1. The van der Waals surface area contributed by atoms with Crippen molar-refractivity contribution >= 4 is 28.2 Å². The van der Waals surface area contributed by atoms with Gasteiger partial charge >= 0.3 is 0 Å². The molecular formula is C23H21N5O. The van der Waals surface area contributed by atoms with Crippen molar-refractivity contribution in [3.05, 3.63) is 90.6 Å².